The first-order chi connectivity index (χ1) is 26.4. The minimum absolute atomic E-state index is 0.250. The van der Waals surface area contributed by atoms with Crippen LogP contribution in [0.5, 0.6) is 0 Å². The molecule has 8 aromatic rings. The van der Waals surface area contributed by atoms with Gasteiger partial charge in [0.05, 0.1) is 17.1 Å². The lowest BCUT2D eigenvalue weighted by molar-refractivity contribution is 0.0873. The Kier molecular flexibility index (Phi) is 6.87. The van der Waals surface area contributed by atoms with Gasteiger partial charge in [-0.2, -0.15) is 0 Å². The van der Waals surface area contributed by atoms with Crippen LogP contribution >= 0.6 is 0 Å². The van der Waals surface area contributed by atoms with Gasteiger partial charge in [0.15, 0.2) is 0 Å². The molecule has 0 aliphatic carbocycles. The van der Waals surface area contributed by atoms with E-state index in [4.69, 9.17) is 0 Å². The van der Waals surface area contributed by atoms with Crippen molar-refractivity contribution in [1.82, 2.24) is 0 Å². The maximum atomic E-state index is 14.5. The zero-order valence-electron chi connectivity index (χ0n) is 29.0. The summed E-state index contributed by atoms with van der Waals surface area (Å²) < 4.78 is 0. The Morgan fingerprint density at radius 1 is 0.407 bits per heavy atom. The fourth-order valence-corrected chi connectivity index (χ4v) is 8.10. The molecule has 0 saturated heterocycles. The summed E-state index contributed by atoms with van der Waals surface area (Å²) in [5.74, 6) is -2.06. The number of carbonyl (C=O) groups excluding carboxylic acids is 4. The van der Waals surface area contributed by atoms with Crippen molar-refractivity contribution < 1.29 is 19.2 Å². The van der Waals surface area contributed by atoms with E-state index in [2.05, 4.69) is 35.2 Å². The van der Waals surface area contributed by atoms with Crippen LogP contribution in [-0.4, -0.2) is 23.6 Å². The molecule has 0 spiro atoms. The number of hydrogen-bond donors (Lipinski definition) is 0. The molecule has 0 unspecified atom stereocenters. The molecule has 2 heterocycles. The third-order valence-corrected chi connectivity index (χ3v) is 10.5. The van der Waals surface area contributed by atoms with Crippen molar-refractivity contribution in [1.29, 1.82) is 0 Å². The Morgan fingerprint density at radius 2 is 0.852 bits per heavy atom. The molecule has 0 N–H and O–H groups in total. The van der Waals surface area contributed by atoms with Gasteiger partial charge in [0.1, 0.15) is 0 Å². The van der Waals surface area contributed by atoms with Crippen LogP contribution in [-0.2, 0) is 0 Å². The van der Waals surface area contributed by atoms with Crippen LogP contribution < -0.4 is 14.7 Å². The van der Waals surface area contributed by atoms with E-state index in [1.54, 1.807) is 48.5 Å². The smallest absolute Gasteiger partial charge is 0.265 e. The highest BCUT2D eigenvalue weighted by molar-refractivity contribution is 6.42. The Balaban J connectivity index is 1.12. The number of nitrogens with zero attached hydrogens (tertiary/aromatic N) is 3. The van der Waals surface area contributed by atoms with Gasteiger partial charge in [-0.25, -0.2) is 9.80 Å². The number of rotatable bonds is 5. The Hall–Kier alpha value is -7.38. The van der Waals surface area contributed by atoms with Crippen molar-refractivity contribution in [3.05, 3.63) is 186 Å². The van der Waals surface area contributed by atoms with Gasteiger partial charge in [0.25, 0.3) is 23.6 Å². The highest BCUT2D eigenvalue weighted by Gasteiger charge is 2.41. The second-order valence-corrected chi connectivity index (χ2v) is 13.7. The molecule has 0 bridgehead atoms. The number of carbonyl (C=O) groups is 4. The average molecular weight is 700 g/mol. The van der Waals surface area contributed by atoms with Gasteiger partial charge in [0.2, 0.25) is 0 Å². The summed E-state index contributed by atoms with van der Waals surface area (Å²) >= 11 is 0. The number of benzene rings is 8. The van der Waals surface area contributed by atoms with E-state index in [0.29, 0.717) is 22.1 Å². The molecule has 7 nitrogen and oxygen atoms in total. The Morgan fingerprint density at radius 3 is 1.37 bits per heavy atom. The second-order valence-electron chi connectivity index (χ2n) is 13.7. The molecule has 256 valence electrons. The molecule has 0 aromatic heterocycles. The lowest BCUT2D eigenvalue weighted by Gasteiger charge is -2.33. The Bertz CT molecular complexity index is 2830. The van der Waals surface area contributed by atoms with E-state index in [9.17, 15) is 19.2 Å². The summed E-state index contributed by atoms with van der Waals surface area (Å²) in [6.45, 7) is 1.89. The summed E-state index contributed by atoms with van der Waals surface area (Å²) in [5.41, 5.74) is 5.43. The van der Waals surface area contributed by atoms with Gasteiger partial charge < -0.3 is 4.90 Å². The zero-order valence-corrected chi connectivity index (χ0v) is 29.0. The number of imide groups is 2. The van der Waals surface area contributed by atoms with Gasteiger partial charge >= 0.3 is 0 Å². The van der Waals surface area contributed by atoms with Crippen LogP contribution in [0, 0.1) is 6.92 Å². The standard InChI is InChI=1S/C47H29N3O4/c1-28-11-9-16-32(25-28)49-44(51)37-21-23-39-42-40(24-22-38(41(37)42)45(49)52)47(54)50(46(39)53)34-18-10-17-33(27-34)48(31-14-3-2-4-15-31)43-35-19-7-5-12-29(35)26-30-13-6-8-20-36(30)43/h2-27H,1H3. The zero-order chi connectivity index (χ0) is 36.7. The SMILES string of the molecule is Cc1cccc(N2C(=O)c3ccc4c5c(ccc(c35)C2=O)C(=O)N(c2cccc(N(c3ccccc3)c3c5ccccc5cc5ccccc35)c2)C4=O)c1. The number of fused-ring (bicyclic) bond motifs is 2. The van der Waals surface area contributed by atoms with Gasteiger partial charge in [0, 0.05) is 55.2 Å². The van der Waals surface area contributed by atoms with E-state index >= 15 is 0 Å². The molecular weight excluding hydrogens is 671 g/mol. The fourth-order valence-electron chi connectivity index (χ4n) is 8.10. The molecule has 7 heteroatoms. The summed E-state index contributed by atoms with van der Waals surface area (Å²) in [7, 11) is 0. The summed E-state index contributed by atoms with van der Waals surface area (Å²) in [4.78, 5) is 61.4. The molecule has 10 rings (SSSR count). The van der Waals surface area contributed by atoms with Crippen molar-refractivity contribution in [2.45, 2.75) is 6.92 Å². The van der Waals surface area contributed by atoms with Crippen molar-refractivity contribution in [3.8, 4) is 0 Å². The fraction of sp³-hybridized carbons (Fsp3) is 0.0213. The van der Waals surface area contributed by atoms with E-state index in [1.807, 2.05) is 85.8 Å². The maximum absolute atomic E-state index is 14.5. The Labute approximate surface area is 309 Å². The van der Waals surface area contributed by atoms with E-state index in [1.165, 1.54) is 4.90 Å². The molecule has 2 aliphatic heterocycles. The lowest BCUT2D eigenvalue weighted by atomic mass is 9.85. The number of amides is 4. The molecule has 0 fully saturated rings. The minimum Gasteiger partial charge on any atom is -0.309 e. The summed E-state index contributed by atoms with van der Waals surface area (Å²) in [5, 5.41) is 4.92. The highest BCUT2D eigenvalue weighted by atomic mass is 16.2. The van der Waals surface area contributed by atoms with E-state index in [0.717, 1.165) is 49.1 Å². The van der Waals surface area contributed by atoms with Gasteiger partial charge in [-0.3, -0.25) is 19.2 Å². The molecule has 54 heavy (non-hydrogen) atoms. The number of hydrogen-bond acceptors (Lipinski definition) is 5. The van der Waals surface area contributed by atoms with Crippen LogP contribution in [0.3, 0.4) is 0 Å². The first-order valence-electron chi connectivity index (χ1n) is 17.7. The van der Waals surface area contributed by atoms with Gasteiger partial charge in [-0.05, 0) is 96.1 Å². The van der Waals surface area contributed by atoms with Crippen LogP contribution in [0.15, 0.2) is 158 Å². The molecule has 4 amide bonds. The average Bonchev–Trinajstić information content (AvgIpc) is 3.20. The van der Waals surface area contributed by atoms with Crippen molar-refractivity contribution in [2.75, 3.05) is 14.7 Å². The quantitative estimate of drug-likeness (QED) is 0.132. The van der Waals surface area contributed by atoms with Crippen molar-refractivity contribution in [2.24, 2.45) is 0 Å². The van der Waals surface area contributed by atoms with Crippen LogP contribution in [0.25, 0.3) is 32.3 Å². The van der Waals surface area contributed by atoms with Crippen LogP contribution in [0.2, 0.25) is 0 Å². The molecule has 8 aromatic carbocycles. The number of anilines is 5. The van der Waals surface area contributed by atoms with E-state index in [-0.39, 0.29) is 22.3 Å². The molecule has 0 saturated carbocycles. The normalized spacial score (nSPS) is 13.7. The summed E-state index contributed by atoms with van der Waals surface area (Å²) in [6.07, 6.45) is 0. The first kappa shape index (κ1) is 31.4. The third-order valence-electron chi connectivity index (χ3n) is 10.5. The second kappa shape index (κ2) is 11.8. The predicted octanol–water partition coefficient (Wildman–Crippen LogP) is 10.5. The van der Waals surface area contributed by atoms with Crippen LogP contribution in [0.4, 0.5) is 28.4 Å². The van der Waals surface area contributed by atoms with E-state index < -0.39 is 23.6 Å². The van der Waals surface area contributed by atoms with Crippen LogP contribution in [0.1, 0.15) is 47.0 Å². The molecular formula is C47H29N3O4. The van der Waals surface area contributed by atoms with Gasteiger partial charge in [-0.1, -0.05) is 84.9 Å². The van der Waals surface area contributed by atoms with Crippen molar-refractivity contribution >= 4 is 84.4 Å². The third kappa shape index (κ3) is 4.55. The lowest BCUT2D eigenvalue weighted by Crippen LogP contribution is -2.43. The monoisotopic (exact) mass is 699 g/mol. The maximum Gasteiger partial charge on any atom is 0.265 e. The topological polar surface area (TPSA) is 78.0 Å². The molecule has 0 atom stereocenters. The minimum atomic E-state index is -0.531. The molecule has 0 radical (unpaired) electrons. The summed E-state index contributed by atoms with van der Waals surface area (Å²) in [6, 6.07) is 49.8. The molecule has 2 aliphatic rings. The predicted molar refractivity (Wildman–Crippen MR) is 214 cm³/mol. The number of para-hydroxylation sites is 1. The van der Waals surface area contributed by atoms with Crippen molar-refractivity contribution in [3.63, 3.8) is 0 Å². The number of aryl methyl sites for hydroxylation is 1. The largest absolute Gasteiger partial charge is 0.309 e. The first-order valence-corrected chi connectivity index (χ1v) is 17.7. The van der Waals surface area contributed by atoms with Gasteiger partial charge in [-0.15, -0.1) is 0 Å². The highest BCUT2D eigenvalue weighted by Crippen LogP contribution is 2.45.